The Morgan fingerprint density at radius 1 is 1.17 bits per heavy atom. The third-order valence-electron chi connectivity index (χ3n) is 3.27. The second kappa shape index (κ2) is 6.07. The lowest BCUT2D eigenvalue weighted by Gasteiger charge is -2.15. The van der Waals surface area contributed by atoms with Crippen LogP contribution in [-0.4, -0.2) is 24.5 Å². The fourth-order valence-corrected chi connectivity index (χ4v) is 4.13. The normalized spacial score (nSPS) is 13.0. The second-order valence-electron chi connectivity index (χ2n) is 4.79. The Morgan fingerprint density at radius 2 is 1.91 bits per heavy atom. The van der Waals surface area contributed by atoms with Crippen LogP contribution in [0.4, 0.5) is 0 Å². The molecule has 1 aromatic heterocycles. The Balaban J connectivity index is 1.96. The van der Waals surface area contributed by atoms with E-state index in [1.807, 2.05) is 0 Å². The quantitative estimate of drug-likeness (QED) is 0.738. The van der Waals surface area contributed by atoms with E-state index in [-0.39, 0.29) is 4.90 Å². The zero-order chi connectivity index (χ0) is 16.4. The number of carboxylic acids is 1. The minimum absolute atomic E-state index is 0.0106. The molecule has 0 spiro atoms. The van der Waals surface area contributed by atoms with Gasteiger partial charge in [-0.2, -0.15) is 4.72 Å². The molecule has 118 valence electrons. The molecule has 2 aromatic carbocycles. The van der Waals surface area contributed by atoms with E-state index in [0.29, 0.717) is 11.1 Å². The highest BCUT2D eigenvalue weighted by molar-refractivity contribution is 7.89. The van der Waals surface area contributed by atoms with E-state index in [1.54, 1.807) is 41.9 Å². The van der Waals surface area contributed by atoms with Gasteiger partial charge in [-0.25, -0.2) is 13.4 Å². The molecule has 0 amide bonds. The van der Waals surface area contributed by atoms with E-state index in [2.05, 4.69) is 9.71 Å². The van der Waals surface area contributed by atoms with E-state index in [9.17, 15) is 18.3 Å². The molecule has 0 bridgehead atoms. The SMILES string of the molecule is O=C(O)C(NS(=O)(=O)c1ccc2ncsc2c1)c1ccccc1. The lowest BCUT2D eigenvalue weighted by molar-refractivity contribution is -0.139. The van der Waals surface area contributed by atoms with Crippen molar-refractivity contribution >= 4 is 37.5 Å². The van der Waals surface area contributed by atoms with Crippen molar-refractivity contribution in [2.45, 2.75) is 10.9 Å². The van der Waals surface area contributed by atoms with Crippen molar-refractivity contribution in [3.05, 3.63) is 59.6 Å². The summed E-state index contributed by atoms with van der Waals surface area (Å²) < 4.78 is 28.0. The Morgan fingerprint density at radius 3 is 2.61 bits per heavy atom. The van der Waals surface area contributed by atoms with Crippen LogP contribution in [0.1, 0.15) is 11.6 Å². The maximum atomic E-state index is 12.5. The van der Waals surface area contributed by atoms with Crippen molar-refractivity contribution in [3.63, 3.8) is 0 Å². The highest BCUT2D eigenvalue weighted by Crippen LogP contribution is 2.23. The number of fused-ring (bicyclic) bond motifs is 1. The van der Waals surface area contributed by atoms with Gasteiger partial charge in [0.05, 0.1) is 20.6 Å². The van der Waals surface area contributed by atoms with Gasteiger partial charge >= 0.3 is 5.97 Å². The highest BCUT2D eigenvalue weighted by atomic mass is 32.2. The standard InChI is InChI=1S/C15H12N2O4S2/c18-15(19)14(10-4-2-1-3-5-10)17-23(20,21)11-6-7-12-13(8-11)22-9-16-12/h1-9,14,17H,(H,18,19). The van der Waals surface area contributed by atoms with Gasteiger partial charge in [0.25, 0.3) is 0 Å². The van der Waals surface area contributed by atoms with E-state index >= 15 is 0 Å². The number of nitrogens with zero attached hydrogens (tertiary/aromatic N) is 1. The van der Waals surface area contributed by atoms with Crippen LogP contribution in [0.3, 0.4) is 0 Å². The molecule has 1 unspecified atom stereocenters. The maximum absolute atomic E-state index is 12.5. The summed E-state index contributed by atoms with van der Waals surface area (Å²) in [6.45, 7) is 0. The number of aromatic nitrogens is 1. The molecule has 3 aromatic rings. The topological polar surface area (TPSA) is 96.4 Å². The maximum Gasteiger partial charge on any atom is 0.326 e. The lowest BCUT2D eigenvalue weighted by atomic mass is 10.1. The lowest BCUT2D eigenvalue weighted by Crippen LogP contribution is -2.33. The number of thiazole rings is 1. The molecule has 0 aliphatic carbocycles. The molecule has 23 heavy (non-hydrogen) atoms. The van der Waals surface area contributed by atoms with Crippen LogP contribution in [0, 0.1) is 0 Å². The van der Waals surface area contributed by atoms with Crippen LogP contribution in [0.15, 0.2) is 58.9 Å². The first-order valence-corrected chi connectivity index (χ1v) is 8.97. The molecule has 0 saturated carbocycles. The average Bonchev–Trinajstić information content (AvgIpc) is 3.01. The van der Waals surface area contributed by atoms with Crippen LogP contribution in [0.5, 0.6) is 0 Å². The van der Waals surface area contributed by atoms with Gasteiger partial charge in [-0.3, -0.25) is 4.79 Å². The molecule has 0 saturated heterocycles. The summed E-state index contributed by atoms with van der Waals surface area (Å²) in [5, 5.41) is 9.34. The van der Waals surface area contributed by atoms with Crippen molar-refractivity contribution in [1.29, 1.82) is 0 Å². The van der Waals surface area contributed by atoms with Gasteiger partial charge in [0.1, 0.15) is 6.04 Å². The third-order valence-corrected chi connectivity index (χ3v) is 5.48. The third kappa shape index (κ3) is 3.24. The number of hydrogen-bond donors (Lipinski definition) is 2. The number of nitrogens with one attached hydrogen (secondary N) is 1. The van der Waals surface area contributed by atoms with Gasteiger partial charge in [0, 0.05) is 0 Å². The first-order chi connectivity index (χ1) is 11.0. The first kappa shape index (κ1) is 15.6. The molecule has 0 aliphatic heterocycles. The van der Waals surface area contributed by atoms with Crippen LogP contribution >= 0.6 is 11.3 Å². The van der Waals surface area contributed by atoms with Crippen molar-refractivity contribution < 1.29 is 18.3 Å². The van der Waals surface area contributed by atoms with Gasteiger partial charge < -0.3 is 5.11 Å². The summed E-state index contributed by atoms with van der Waals surface area (Å²) in [7, 11) is -3.97. The van der Waals surface area contributed by atoms with Crippen molar-refractivity contribution in [2.24, 2.45) is 0 Å². The van der Waals surface area contributed by atoms with Crippen LogP contribution in [0.2, 0.25) is 0 Å². The van der Waals surface area contributed by atoms with Gasteiger partial charge in [0.15, 0.2) is 0 Å². The molecule has 3 rings (SSSR count). The molecule has 2 N–H and O–H groups in total. The second-order valence-corrected chi connectivity index (χ2v) is 7.39. The predicted molar refractivity (Wildman–Crippen MR) is 86.8 cm³/mol. The van der Waals surface area contributed by atoms with Crippen LogP contribution in [-0.2, 0) is 14.8 Å². The van der Waals surface area contributed by atoms with E-state index in [0.717, 1.165) is 4.70 Å². The Bertz CT molecular complexity index is 952. The molecular weight excluding hydrogens is 336 g/mol. The van der Waals surface area contributed by atoms with E-state index in [4.69, 9.17) is 0 Å². The molecule has 1 heterocycles. The van der Waals surface area contributed by atoms with Gasteiger partial charge in [-0.05, 0) is 23.8 Å². The number of sulfonamides is 1. The van der Waals surface area contributed by atoms with Gasteiger partial charge in [-0.1, -0.05) is 30.3 Å². The predicted octanol–water partition coefficient (Wildman–Crippen LogP) is 2.40. The molecule has 6 nitrogen and oxygen atoms in total. The number of carboxylic acid groups (broad SMARTS) is 1. The molecule has 0 radical (unpaired) electrons. The minimum atomic E-state index is -3.97. The van der Waals surface area contributed by atoms with Crippen LogP contribution in [0.25, 0.3) is 10.2 Å². The number of carbonyl (C=O) groups is 1. The molecular formula is C15H12N2O4S2. The van der Waals surface area contributed by atoms with Crippen molar-refractivity contribution in [1.82, 2.24) is 9.71 Å². The number of rotatable bonds is 5. The fraction of sp³-hybridized carbons (Fsp3) is 0.0667. The van der Waals surface area contributed by atoms with E-state index in [1.165, 1.54) is 23.5 Å². The van der Waals surface area contributed by atoms with Crippen molar-refractivity contribution in [2.75, 3.05) is 0 Å². The monoisotopic (exact) mass is 348 g/mol. The Kier molecular flexibility index (Phi) is 4.12. The molecule has 0 aliphatic rings. The zero-order valence-corrected chi connectivity index (χ0v) is 13.3. The summed E-state index contributed by atoms with van der Waals surface area (Å²) in [6.07, 6.45) is 0. The fourth-order valence-electron chi connectivity index (χ4n) is 2.13. The minimum Gasteiger partial charge on any atom is -0.480 e. The number of hydrogen-bond acceptors (Lipinski definition) is 5. The Labute approximate surface area is 136 Å². The zero-order valence-electron chi connectivity index (χ0n) is 11.7. The van der Waals surface area contributed by atoms with Gasteiger partial charge in [0.2, 0.25) is 10.0 Å². The largest absolute Gasteiger partial charge is 0.480 e. The van der Waals surface area contributed by atoms with Crippen LogP contribution < -0.4 is 4.72 Å². The molecule has 1 atom stereocenters. The van der Waals surface area contributed by atoms with Crippen molar-refractivity contribution in [3.8, 4) is 0 Å². The smallest absolute Gasteiger partial charge is 0.326 e. The molecule has 0 fully saturated rings. The first-order valence-electron chi connectivity index (χ1n) is 6.61. The summed E-state index contributed by atoms with van der Waals surface area (Å²) in [4.78, 5) is 15.5. The number of aliphatic carboxylic acids is 1. The summed E-state index contributed by atoms with van der Waals surface area (Å²) in [6, 6.07) is 11.3. The average molecular weight is 348 g/mol. The summed E-state index contributed by atoms with van der Waals surface area (Å²) in [5.74, 6) is -1.27. The molecule has 8 heteroatoms. The summed E-state index contributed by atoms with van der Waals surface area (Å²) in [5.41, 5.74) is 2.69. The summed E-state index contributed by atoms with van der Waals surface area (Å²) >= 11 is 1.32. The Hall–Kier alpha value is -2.29. The highest BCUT2D eigenvalue weighted by Gasteiger charge is 2.27. The van der Waals surface area contributed by atoms with Gasteiger partial charge in [-0.15, -0.1) is 11.3 Å². The number of benzene rings is 2. The van der Waals surface area contributed by atoms with E-state index < -0.39 is 22.0 Å².